The van der Waals surface area contributed by atoms with Gasteiger partial charge in [0.2, 0.25) is 16.0 Å². The molecule has 1 aliphatic rings. The molecule has 0 aromatic rings. The van der Waals surface area contributed by atoms with Crippen LogP contribution in [0, 0.1) is 0 Å². The van der Waals surface area contributed by atoms with Gasteiger partial charge >= 0.3 is 0 Å². The smallest absolute Gasteiger partial charge is 0.224 e. The molecule has 2 atom stereocenters. The van der Waals surface area contributed by atoms with Crippen molar-refractivity contribution in [3.05, 3.63) is 12.0 Å². The summed E-state index contributed by atoms with van der Waals surface area (Å²) in [5.41, 5.74) is 0. The second-order valence-corrected chi connectivity index (χ2v) is 7.31. The number of likely N-dealkylation sites (tertiary alicyclic amines) is 1. The van der Waals surface area contributed by atoms with Crippen LogP contribution in [-0.2, 0) is 14.8 Å². The molecule has 0 bridgehead atoms. The van der Waals surface area contributed by atoms with Crippen LogP contribution >= 0.6 is 0 Å². The van der Waals surface area contributed by atoms with Crippen LogP contribution < -0.4 is 5.14 Å². The highest BCUT2D eigenvalue weighted by molar-refractivity contribution is 7.89. The highest BCUT2D eigenvalue weighted by atomic mass is 32.2. The lowest BCUT2D eigenvalue weighted by molar-refractivity contribution is -0.0198. The Morgan fingerprint density at radius 1 is 1.50 bits per heavy atom. The number of primary sulfonamides is 1. The first kappa shape index (κ1) is 18.7. The van der Waals surface area contributed by atoms with Crippen molar-refractivity contribution in [2.75, 3.05) is 13.1 Å². The van der Waals surface area contributed by atoms with E-state index in [1.807, 2.05) is 13.8 Å². The molecule has 1 saturated heterocycles. The largest absolute Gasteiger partial charge is 0.374 e. The van der Waals surface area contributed by atoms with E-state index in [1.165, 1.54) is 6.92 Å². The molecule has 0 radical (unpaired) electrons. The Kier molecular flexibility index (Phi) is 6.64. The Bertz CT molecular complexity index is 556. The number of sulfonamides is 1. The topological polar surface area (TPSA) is 97.3 Å². The zero-order valence-electron chi connectivity index (χ0n) is 13.1. The number of rotatable bonds is 4. The van der Waals surface area contributed by atoms with E-state index in [-0.39, 0.29) is 24.7 Å². The summed E-state index contributed by atoms with van der Waals surface area (Å²) in [6.07, 6.45) is 0.911. The van der Waals surface area contributed by atoms with Gasteiger partial charge in [-0.25, -0.2) is 27.9 Å². The van der Waals surface area contributed by atoms with E-state index in [0.29, 0.717) is 13.0 Å². The monoisotopic (exact) mass is 334 g/mol. The standard InChI is InChI=1S/C13H23FN4O3S/c1-9(2)21-11-5-12(22(15,19)20)8-18(7-11)13(16-4)17-6-10(3)14/h6,9,11-12H,4-5,7-8H2,1-3H3,(H2,15,19,20)/b10-6+,17-13+/t11-,12+/m0/s1. The molecule has 7 nitrogen and oxygen atoms in total. The van der Waals surface area contributed by atoms with E-state index in [2.05, 4.69) is 16.7 Å². The number of piperidine rings is 1. The van der Waals surface area contributed by atoms with Crippen molar-refractivity contribution in [1.29, 1.82) is 0 Å². The lowest BCUT2D eigenvalue weighted by atomic mass is 10.1. The van der Waals surface area contributed by atoms with Gasteiger partial charge in [-0.1, -0.05) is 0 Å². The van der Waals surface area contributed by atoms with Crippen LogP contribution in [0.3, 0.4) is 0 Å². The summed E-state index contributed by atoms with van der Waals surface area (Å²) in [6, 6.07) is 0. The van der Waals surface area contributed by atoms with Gasteiger partial charge in [-0.2, -0.15) is 0 Å². The van der Waals surface area contributed by atoms with Gasteiger partial charge in [-0.15, -0.1) is 0 Å². The molecule has 0 spiro atoms. The van der Waals surface area contributed by atoms with E-state index in [4.69, 9.17) is 9.88 Å². The first-order valence-corrected chi connectivity index (χ1v) is 8.53. The molecule has 0 amide bonds. The Hall–Kier alpha value is -1.32. The van der Waals surface area contributed by atoms with Gasteiger partial charge in [0.05, 0.1) is 23.7 Å². The second kappa shape index (κ2) is 7.80. The normalized spacial score (nSPS) is 24.7. The molecule has 0 aliphatic carbocycles. The van der Waals surface area contributed by atoms with Gasteiger partial charge in [0, 0.05) is 13.1 Å². The lowest BCUT2D eigenvalue weighted by Crippen LogP contribution is -2.52. The first-order chi connectivity index (χ1) is 10.1. The summed E-state index contributed by atoms with van der Waals surface area (Å²) >= 11 is 0. The van der Waals surface area contributed by atoms with Crippen molar-refractivity contribution in [3.63, 3.8) is 0 Å². The minimum Gasteiger partial charge on any atom is -0.374 e. The van der Waals surface area contributed by atoms with Gasteiger partial charge in [-0.05, 0) is 33.9 Å². The number of nitrogens with two attached hydrogens (primary N) is 1. The van der Waals surface area contributed by atoms with E-state index >= 15 is 0 Å². The van der Waals surface area contributed by atoms with E-state index in [9.17, 15) is 12.8 Å². The lowest BCUT2D eigenvalue weighted by Gasteiger charge is -2.37. The maximum absolute atomic E-state index is 12.8. The highest BCUT2D eigenvalue weighted by Crippen LogP contribution is 2.20. The molecule has 1 rings (SSSR count). The van der Waals surface area contributed by atoms with E-state index in [1.54, 1.807) is 4.90 Å². The van der Waals surface area contributed by atoms with Crippen molar-refractivity contribution >= 4 is 22.7 Å². The van der Waals surface area contributed by atoms with Crippen molar-refractivity contribution in [2.45, 2.75) is 44.6 Å². The van der Waals surface area contributed by atoms with Crippen LogP contribution in [0.15, 0.2) is 22.0 Å². The number of halogens is 1. The van der Waals surface area contributed by atoms with Gasteiger partial charge < -0.3 is 9.64 Å². The highest BCUT2D eigenvalue weighted by Gasteiger charge is 2.35. The number of aliphatic imine (C=N–C) groups is 2. The molecule has 2 N–H and O–H groups in total. The van der Waals surface area contributed by atoms with Crippen molar-refractivity contribution in [3.8, 4) is 0 Å². The average Bonchev–Trinajstić information content (AvgIpc) is 2.37. The minimum absolute atomic E-state index is 0.0591. The third-order valence-electron chi connectivity index (χ3n) is 3.09. The summed E-state index contributed by atoms with van der Waals surface area (Å²) < 4.78 is 41.9. The molecule has 126 valence electrons. The summed E-state index contributed by atoms with van der Waals surface area (Å²) in [6.45, 7) is 8.87. The van der Waals surface area contributed by atoms with Gasteiger partial charge in [0.1, 0.15) is 5.83 Å². The Morgan fingerprint density at radius 3 is 2.59 bits per heavy atom. The van der Waals surface area contributed by atoms with Crippen LogP contribution in [-0.4, -0.2) is 56.5 Å². The van der Waals surface area contributed by atoms with Crippen LogP contribution in [0.4, 0.5) is 4.39 Å². The molecular weight excluding hydrogens is 311 g/mol. The molecule has 0 aromatic carbocycles. The zero-order chi connectivity index (χ0) is 16.9. The molecule has 22 heavy (non-hydrogen) atoms. The molecular formula is C13H23FN4O3S. The molecule has 1 fully saturated rings. The van der Waals surface area contributed by atoms with Crippen LogP contribution in [0.1, 0.15) is 27.2 Å². The minimum atomic E-state index is -3.73. The number of nitrogens with zero attached hydrogens (tertiary/aromatic N) is 3. The molecule has 9 heteroatoms. The van der Waals surface area contributed by atoms with Crippen LogP contribution in [0.5, 0.6) is 0 Å². The zero-order valence-corrected chi connectivity index (χ0v) is 13.9. The van der Waals surface area contributed by atoms with Crippen molar-refractivity contribution < 1.29 is 17.5 Å². The van der Waals surface area contributed by atoms with Gasteiger partial charge in [0.25, 0.3) is 0 Å². The predicted molar refractivity (Wildman–Crippen MR) is 84.9 cm³/mol. The second-order valence-electron chi connectivity index (χ2n) is 5.46. The Labute approximate surface area is 130 Å². The van der Waals surface area contributed by atoms with Crippen LogP contribution in [0.2, 0.25) is 0 Å². The first-order valence-electron chi connectivity index (χ1n) is 6.92. The Balaban J connectivity index is 3.03. The molecule has 1 heterocycles. The molecule has 1 aliphatic heterocycles. The predicted octanol–water partition coefficient (Wildman–Crippen LogP) is 1.03. The third kappa shape index (κ3) is 5.82. The summed E-state index contributed by atoms with van der Waals surface area (Å²) in [4.78, 5) is 9.21. The Morgan fingerprint density at radius 2 is 2.14 bits per heavy atom. The fraction of sp³-hybridized carbons (Fsp3) is 0.692. The third-order valence-corrected chi connectivity index (χ3v) is 4.36. The van der Waals surface area contributed by atoms with Gasteiger partial charge in [0.15, 0.2) is 0 Å². The SMILES string of the molecule is C=N/C(=N\C=C(/C)F)N1C[C@@H](OC(C)C)C[C@@H](S(N)(=O)=O)C1. The maximum Gasteiger partial charge on any atom is 0.224 e. The summed E-state index contributed by atoms with van der Waals surface area (Å²) in [5.74, 6) is -0.348. The molecule has 0 unspecified atom stereocenters. The number of ether oxygens (including phenoxy) is 1. The molecule has 0 saturated carbocycles. The van der Waals surface area contributed by atoms with Gasteiger partial charge in [-0.3, -0.25) is 0 Å². The number of guanidine groups is 1. The number of allylic oxidation sites excluding steroid dienone is 1. The summed E-state index contributed by atoms with van der Waals surface area (Å²) in [5, 5.41) is 4.46. The van der Waals surface area contributed by atoms with Crippen LogP contribution in [0.25, 0.3) is 0 Å². The summed E-state index contributed by atoms with van der Waals surface area (Å²) in [7, 11) is -3.73. The average molecular weight is 334 g/mol. The fourth-order valence-electron chi connectivity index (χ4n) is 2.26. The quantitative estimate of drug-likeness (QED) is 0.613. The number of hydrogen-bond acceptors (Lipinski definition) is 4. The molecule has 0 aromatic heterocycles. The van der Waals surface area contributed by atoms with Crippen molar-refractivity contribution in [1.82, 2.24) is 4.90 Å². The number of hydrogen-bond donors (Lipinski definition) is 1. The maximum atomic E-state index is 12.8. The van der Waals surface area contributed by atoms with E-state index in [0.717, 1.165) is 6.20 Å². The fourth-order valence-corrected chi connectivity index (χ4v) is 3.13. The van der Waals surface area contributed by atoms with Crippen molar-refractivity contribution in [2.24, 2.45) is 15.1 Å². The van der Waals surface area contributed by atoms with E-state index < -0.39 is 21.1 Å².